The number of anilines is 2. The highest BCUT2D eigenvalue weighted by Gasteiger charge is 2.48. The number of sulfone groups is 1. The minimum atomic E-state index is -5.43. The summed E-state index contributed by atoms with van der Waals surface area (Å²) in [5, 5.41) is 11.8. The number of hydrogen-bond acceptors (Lipinski definition) is 6. The van der Waals surface area contributed by atoms with Crippen LogP contribution in [0.1, 0.15) is 18.4 Å². The van der Waals surface area contributed by atoms with Crippen LogP contribution in [0.5, 0.6) is 0 Å². The Hall–Kier alpha value is -2.80. The standard InChI is InChI=1S/C18H17F3N4O2S/c19-18(20,21)28(26,27)16-4-2-1-3-15(16)24-14-7-9-25(10-8-14)17-6-5-13(11-22)12-23-17/h1-6,12,14,24H,7-10H2. The molecule has 1 aliphatic rings. The molecule has 0 saturated carbocycles. The number of aromatic nitrogens is 1. The SMILES string of the molecule is N#Cc1ccc(N2CCC(Nc3ccccc3S(=O)(=O)C(F)(F)F)CC2)nc1. The molecule has 1 saturated heterocycles. The van der Waals surface area contributed by atoms with Gasteiger partial charge in [-0.1, -0.05) is 12.1 Å². The molecule has 2 aromatic rings. The van der Waals surface area contributed by atoms with E-state index >= 15 is 0 Å². The molecule has 0 atom stereocenters. The number of nitrogens with zero attached hydrogens (tertiary/aromatic N) is 3. The quantitative estimate of drug-likeness (QED) is 0.832. The largest absolute Gasteiger partial charge is 0.501 e. The van der Waals surface area contributed by atoms with Crippen molar-refractivity contribution in [1.29, 1.82) is 5.26 Å². The molecule has 0 unspecified atom stereocenters. The van der Waals surface area contributed by atoms with Gasteiger partial charge in [-0.25, -0.2) is 13.4 Å². The van der Waals surface area contributed by atoms with Crippen molar-refractivity contribution in [3.05, 3.63) is 48.2 Å². The minimum Gasteiger partial charge on any atom is -0.381 e. The van der Waals surface area contributed by atoms with E-state index < -0.39 is 20.2 Å². The van der Waals surface area contributed by atoms with Crippen LogP contribution in [0.3, 0.4) is 0 Å². The number of piperidine rings is 1. The van der Waals surface area contributed by atoms with Crippen LogP contribution in [0.25, 0.3) is 0 Å². The van der Waals surface area contributed by atoms with E-state index in [-0.39, 0.29) is 11.7 Å². The summed E-state index contributed by atoms with van der Waals surface area (Å²) in [6, 6.07) is 10.3. The van der Waals surface area contributed by atoms with Gasteiger partial charge in [-0.2, -0.15) is 18.4 Å². The topological polar surface area (TPSA) is 86.1 Å². The van der Waals surface area contributed by atoms with Crippen molar-refractivity contribution >= 4 is 21.3 Å². The molecule has 0 radical (unpaired) electrons. The van der Waals surface area contributed by atoms with Gasteiger partial charge in [0.15, 0.2) is 0 Å². The van der Waals surface area contributed by atoms with Crippen LogP contribution < -0.4 is 10.2 Å². The number of halogens is 3. The van der Waals surface area contributed by atoms with E-state index in [2.05, 4.69) is 10.3 Å². The number of nitrogens with one attached hydrogen (secondary N) is 1. The molecule has 0 aliphatic carbocycles. The Bertz CT molecular complexity index is 977. The van der Waals surface area contributed by atoms with Gasteiger partial charge in [0.05, 0.1) is 16.1 Å². The lowest BCUT2D eigenvalue weighted by molar-refractivity contribution is -0.0435. The molecule has 0 bridgehead atoms. The number of pyridine rings is 1. The fraction of sp³-hybridized carbons (Fsp3) is 0.333. The van der Waals surface area contributed by atoms with Gasteiger partial charge in [-0.3, -0.25) is 0 Å². The number of hydrogen-bond donors (Lipinski definition) is 1. The summed E-state index contributed by atoms with van der Waals surface area (Å²) in [5.41, 5.74) is -4.94. The summed E-state index contributed by atoms with van der Waals surface area (Å²) < 4.78 is 62.4. The van der Waals surface area contributed by atoms with Crippen molar-refractivity contribution < 1.29 is 21.6 Å². The zero-order valence-electron chi connectivity index (χ0n) is 14.6. The zero-order valence-corrected chi connectivity index (χ0v) is 15.5. The van der Waals surface area contributed by atoms with Crippen molar-refractivity contribution in [3.63, 3.8) is 0 Å². The number of benzene rings is 1. The summed E-state index contributed by atoms with van der Waals surface area (Å²) in [6.07, 6.45) is 2.68. The predicted octanol–water partition coefficient (Wildman–Crippen LogP) is 3.33. The van der Waals surface area contributed by atoms with Gasteiger partial charge in [0.2, 0.25) is 0 Å². The molecular weight excluding hydrogens is 393 g/mol. The van der Waals surface area contributed by atoms with Gasteiger partial charge in [0.1, 0.15) is 11.9 Å². The number of rotatable bonds is 4. The maximum atomic E-state index is 12.9. The van der Waals surface area contributed by atoms with E-state index in [9.17, 15) is 21.6 Å². The molecule has 148 valence electrons. The van der Waals surface area contributed by atoms with Gasteiger partial charge >= 0.3 is 5.51 Å². The Kier molecular flexibility index (Phi) is 5.47. The Morgan fingerprint density at radius 1 is 1.14 bits per heavy atom. The highest BCUT2D eigenvalue weighted by molar-refractivity contribution is 7.92. The first kappa shape index (κ1) is 19.9. The van der Waals surface area contributed by atoms with Gasteiger partial charge in [0.25, 0.3) is 9.84 Å². The molecule has 1 aromatic carbocycles. The van der Waals surface area contributed by atoms with Gasteiger partial charge in [0, 0.05) is 25.3 Å². The second-order valence-corrected chi connectivity index (χ2v) is 8.28. The van der Waals surface area contributed by atoms with E-state index in [1.54, 1.807) is 12.1 Å². The smallest absolute Gasteiger partial charge is 0.381 e. The first-order valence-electron chi connectivity index (χ1n) is 8.50. The average Bonchev–Trinajstić information content (AvgIpc) is 2.68. The minimum absolute atomic E-state index is 0.0465. The van der Waals surface area contributed by atoms with Crippen LogP contribution in [0.15, 0.2) is 47.5 Å². The van der Waals surface area contributed by atoms with E-state index in [1.807, 2.05) is 11.0 Å². The fourth-order valence-corrected chi connectivity index (χ4v) is 3.98. The number of nitriles is 1. The summed E-state index contributed by atoms with van der Waals surface area (Å²) >= 11 is 0. The van der Waals surface area contributed by atoms with Crippen molar-refractivity contribution in [3.8, 4) is 6.07 Å². The van der Waals surface area contributed by atoms with Crippen LogP contribution in [0.2, 0.25) is 0 Å². The summed E-state index contributed by atoms with van der Waals surface area (Å²) in [4.78, 5) is 5.48. The summed E-state index contributed by atoms with van der Waals surface area (Å²) in [5.74, 6) is 0.720. The monoisotopic (exact) mass is 410 g/mol. The van der Waals surface area contributed by atoms with Crippen LogP contribution in [-0.2, 0) is 9.84 Å². The number of para-hydroxylation sites is 1. The molecule has 0 spiro atoms. The highest BCUT2D eigenvalue weighted by Crippen LogP contribution is 2.35. The maximum absolute atomic E-state index is 12.9. The Balaban J connectivity index is 1.69. The molecular formula is C18H17F3N4O2S. The Morgan fingerprint density at radius 3 is 2.39 bits per heavy atom. The first-order valence-corrected chi connectivity index (χ1v) is 9.99. The molecule has 28 heavy (non-hydrogen) atoms. The predicted molar refractivity (Wildman–Crippen MR) is 97.5 cm³/mol. The molecule has 3 rings (SSSR count). The van der Waals surface area contributed by atoms with Crippen molar-refractivity contribution in [1.82, 2.24) is 4.98 Å². The molecule has 0 amide bonds. The van der Waals surface area contributed by atoms with E-state index in [0.29, 0.717) is 31.5 Å². The zero-order chi connectivity index (χ0) is 20.4. The second-order valence-electron chi connectivity index (χ2n) is 6.37. The van der Waals surface area contributed by atoms with Gasteiger partial charge in [-0.15, -0.1) is 0 Å². The first-order chi connectivity index (χ1) is 13.2. The van der Waals surface area contributed by atoms with Crippen LogP contribution in [0.4, 0.5) is 24.7 Å². The third-order valence-electron chi connectivity index (χ3n) is 4.54. The molecule has 1 N–H and O–H groups in total. The van der Waals surface area contributed by atoms with Crippen LogP contribution in [0, 0.1) is 11.3 Å². The average molecular weight is 410 g/mol. The molecule has 1 aliphatic heterocycles. The maximum Gasteiger partial charge on any atom is 0.501 e. The van der Waals surface area contributed by atoms with Crippen molar-refractivity contribution in [2.24, 2.45) is 0 Å². The molecule has 2 heterocycles. The lowest BCUT2D eigenvalue weighted by Crippen LogP contribution is -2.39. The summed E-state index contributed by atoms with van der Waals surface area (Å²) in [7, 11) is -5.43. The van der Waals surface area contributed by atoms with Crippen LogP contribution in [-0.4, -0.2) is 38.0 Å². The van der Waals surface area contributed by atoms with E-state index in [4.69, 9.17) is 5.26 Å². The normalized spacial score (nSPS) is 15.9. The Morgan fingerprint density at radius 2 is 1.82 bits per heavy atom. The van der Waals surface area contributed by atoms with Crippen molar-refractivity contribution in [2.45, 2.75) is 29.3 Å². The molecule has 6 nitrogen and oxygen atoms in total. The lowest BCUT2D eigenvalue weighted by Gasteiger charge is -2.34. The van der Waals surface area contributed by atoms with E-state index in [0.717, 1.165) is 11.9 Å². The third-order valence-corrected chi connectivity index (χ3v) is 6.08. The highest BCUT2D eigenvalue weighted by atomic mass is 32.2. The lowest BCUT2D eigenvalue weighted by atomic mass is 10.0. The molecule has 1 aromatic heterocycles. The molecule has 10 heteroatoms. The third kappa shape index (κ3) is 4.04. The van der Waals surface area contributed by atoms with Gasteiger partial charge in [-0.05, 0) is 37.1 Å². The van der Waals surface area contributed by atoms with Gasteiger partial charge < -0.3 is 10.2 Å². The van der Waals surface area contributed by atoms with E-state index in [1.165, 1.54) is 24.4 Å². The fourth-order valence-electron chi connectivity index (χ4n) is 3.06. The number of alkyl halides is 3. The second kappa shape index (κ2) is 7.67. The molecule has 1 fully saturated rings. The Labute approximate surface area is 160 Å². The van der Waals surface area contributed by atoms with Crippen molar-refractivity contribution in [2.75, 3.05) is 23.3 Å². The summed E-state index contributed by atoms with van der Waals surface area (Å²) in [6.45, 7) is 1.20. The van der Waals surface area contributed by atoms with Crippen LogP contribution >= 0.6 is 0 Å².